The Morgan fingerprint density at radius 2 is 1.38 bits per heavy atom. The molecule has 0 heterocycles. The minimum absolute atomic E-state index is 1.12. The van der Waals surface area contributed by atoms with E-state index in [2.05, 4.69) is 38.2 Å². The van der Waals surface area contributed by atoms with E-state index in [1.54, 1.807) is 0 Å². The van der Waals surface area contributed by atoms with Gasteiger partial charge in [-0.15, -0.1) is 0 Å². The van der Waals surface area contributed by atoms with Gasteiger partial charge in [-0.2, -0.15) is 0 Å². The number of hydrogen-bond acceptors (Lipinski definition) is 0. The lowest BCUT2D eigenvalue weighted by atomic mass is 10.2. The minimum Gasteiger partial charge on any atom is -0.0882 e. The molecule has 0 aliphatic heterocycles. The van der Waals surface area contributed by atoms with Crippen molar-refractivity contribution in [3.63, 3.8) is 0 Å². The molecular weight excluding hydrogens is 156 g/mol. The fourth-order valence-corrected chi connectivity index (χ4v) is 1.19. The lowest BCUT2D eigenvalue weighted by Crippen LogP contribution is -1.70. The Morgan fingerprint density at radius 1 is 0.692 bits per heavy atom. The molecule has 0 saturated heterocycles. The lowest BCUT2D eigenvalue weighted by molar-refractivity contribution is 0.728. The molecule has 76 valence electrons. The van der Waals surface area contributed by atoms with Crippen molar-refractivity contribution in [2.75, 3.05) is 0 Å². The molecule has 0 heteroatoms. The van der Waals surface area contributed by atoms with Crippen LogP contribution in [0.4, 0.5) is 0 Å². The molecule has 0 N–H and O–H groups in total. The zero-order chi connectivity index (χ0) is 9.78. The third-order valence-corrected chi connectivity index (χ3v) is 2.04. The van der Waals surface area contributed by atoms with Gasteiger partial charge >= 0.3 is 0 Å². The molecule has 0 fully saturated rings. The second kappa shape index (κ2) is 11.5. The van der Waals surface area contributed by atoms with E-state index in [4.69, 9.17) is 0 Å². The van der Waals surface area contributed by atoms with Crippen molar-refractivity contribution in [1.82, 2.24) is 0 Å². The van der Waals surface area contributed by atoms with Crippen molar-refractivity contribution < 1.29 is 0 Å². The van der Waals surface area contributed by atoms with E-state index in [0.717, 1.165) is 6.42 Å². The van der Waals surface area contributed by atoms with Gasteiger partial charge in [0.05, 0.1) is 0 Å². The number of hydrogen-bond donors (Lipinski definition) is 0. The Labute approximate surface area is 83.7 Å². The summed E-state index contributed by atoms with van der Waals surface area (Å²) in [5, 5.41) is 0. The highest BCUT2D eigenvalue weighted by Gasteiger charge is 1.80. The van der Waals surface area contributed by atoms with E-state index >= 15 is 0 Å². The Balaban J connectivity index is 3.11. The van der Waals surface area contributed by atoms with Crippen LogP contribution >= 0.6 is 0 Å². The SMILES string of the molecule is CCC/C=C\C/C=C\CCCCC. The molecule has 0 aromatic rings. The predicted octanol–water partition coefficient (Wildman–Crippen LogP) is 4.87. The van der Waals surface area contributed by atoms with Crippen LogP contribution in [0.25, 0.3) is 0 Å². The van der Waals surface area contributed by atoms with Crippen LogP contribution in [-0.2, 0) is 0 Å². The first-order valence-electron chi connectivity index (χ1n) is 5.71. The van der Waals surface area contributed by atoms with E-state index in [1.165, 1.54) is 38.5 Å². The number of rotatable bonds is 8. The highest BCUT2D eigenvalue weighted by Crippen LogP contribution is 2.00. The minimum atomic E-state index is 1.12. The van der Waals surface area contributed by atoms with Crippen molar-refractivity contribution in [1.29, 1.82) is 0 Å². The monoisotopic (exact) mass is 180 g/mol. The van der Waals surface area contributed by atoms with Crippen LogP contribution in [0.15, 0.2) is 24.3 Å². The Bertz CT molecular complexity index is 131. The topological polar surface area (TPSA) is 0 Å². The van der Waals surface area contributed by atoms with Crippen LogP contribution in [0.3, 0.4) is 0 Å². The van der Waals surface area contributed by atoms with E-state index in [1.807, 2.05) is 0 Å². The van der Waals surface area contributed by atoms with Gasteiger partial charge in [-0.3, -0.25) is 0 Å². The molecule has 0 aromatic carbocycles. The number of unbranched alkanes of at least 4 members (excludes halogenated alkanes) is 4. The summed E-state index contributed by atoms with van der Waals surface area (Å²) in [5.74, 6) is 0. The van der Waals surface area contributed by atoms with Crippen molar-refractivity contribution in [3.8, 4) is 0 Å². The molecule has 0 aliphatic carbocycles. The average Bonchev–Trinajstić information content (AvgIpc) is 2.16. The van der Waals surface area contributed by atoms with Gasteiger partial charge in [0.15, 0.2) is 0 Å². The standard InChI is InChI=1S/C13H24/c1-3-5-7-9-11-13-12-10-8-6-4-2/h7,9,12-13H,3-6,8,10-11H2,1-2H3/b9-7-,13-12-. The Hall–Kier alpha value is -0.520. The van der Waals surface area contributed by atoms with Crippen LogP contribution in [0.2, 0.25) is 0 Å². The molecule has 0 saturated carbocycles. The average molecular weight is 180 g/mol. The summed E-state index contributed by atoms with van der Waals surface area (Å²) in [6, 6.07) is 0. The normalized spacial score (nSPS) is 11.8. The maximum absolute atomic E-state index is 2.31. The molecule has 0 unspecified atom stereocenters. The summed E-state index contributed by atoms with van der Waals surface area (Å²) in [6.45, 7) is 4.46. The molecule has 0 radical (unpaired) electrons. The van der Waals surface area contributed by atoms with Gasteiger partial charge in [-0.05, 0) is 25.7 Å². The molecule has 0 atom stereocenters. The zero-order valence-corrected chi connectivity index (χ0v) is 9.26. The first kappa shape index (κ1) is 12.5. The molecular formula is C13H24. The summed E-state index contributed by atoms with van der Waals surface area (Å²) in [6.07, 6.45) is 18.0. The van der Waals surface area contributed by atoms with Gasteiger partial charge in [0.1, 0.15) is 0 Å². The van der Waals surface area contributed by atoms with Crippen molar-refractivity contribution >= 4 is 0 Å². The van der Waals surface area contributed by atoms with Crippen LogP contribution < -0.4 is 0 Å². The van der Waals surface area contributed by atoms with E-state index < -0.39 is 0 Å². The van der Waals surface area contributed by atoms with Crippen molar-refractivity contribution in [2.45, 2.75) is 58.8 Å². The van der Waals surface area contributed by atoms with Crippen LogP contribution in [0.1, 0.15) is 58.8 Å². The van der Waals surface area contributed by atoms with E-state index in [-0.39, 0.29) is 0 Å². The van der Waals surface area contributed by atoms with Gasteiger partial charge < -0.3 is 0 Å². The van der Waals surface area contributed by atoms with E-state index in [9.17, 15) is 0 Å². The second-order valence-corrected chi connectivity index (χ2v) is 3.46. The van der Waals surface area contributed by atoms with E-state index in [0.29, 0.717) is 0 Å². The predicted molar refractivity (Wildman–Crippen MR) is 61.9 cm³/mol. The van der Waals surface area contributed by atoms with Gasteiger partial charge in [0.25, 0.3) is 0 Å². The van der Waals surface area contributed by atoms with Crippen molar-refractivity contribution in [3.05, 3.63) is 24.3 Å². The van der Waals surface area contributed by atoms with Gasteiger partial charge in [0.2, 0.25) is 0 Å². The smallest absolute Gasteiger partial charge is 0.0169 e. The van der Waals surface area contributed by atoms with Gasteiger partial charge in [0, 0.05) is 0 Å². The third kappa shape index (κ3) is 11.5. The highest BCUT2D eigenvalue weighted by molar-refractivity contribution is 4.92. The fourth-order valence-electron chi connectivity index (χ4n) is 1.19. The highest BCUT2D eigenvalue weighted by atomic mass is 13.9. The zero-order valence-electron chi connectivity index (χ0n) is 9.26. The van der Waals surface area contributed by atoms with Crippen LogP contribution in [0, 0.1) is 0 Å². The third-order valence-electron chi connectivity index (χ3n) is 2.04. The molecule has 0 spiro atoms. The first-order valence-corrected chi connectivity index (χ1v) is 5.71. The molecule has 0 rings (SSSR count). The lowest BCUT2D eigenvalue weighted by Gasteiger charge is -1.90. The van der Waals surface area contributed by atoms with Crippen LogP contribution in [-0.4, -0.2) is 0 Å². The summed E-state index contributed by atoms with van der Waals surface area (Å²) in [4.78, 5) is 0. The molecule has 13 heavy (non-hydrogen) atoms. The summed E-state index contributed by atoms with van der Waals surface area (Å²) >= 11 is 0. The van der Waals surface area contributed by atoms with Gasteiger partial charge in [-0.25, -0.2) is 0 Å². The van der Waals surface area contributed by atoms with Crippen molar-refractivity contribution in [2.24, 2.45) is 0 Å². The Morgan fingerprint density at radius 3 is 2.00 bits per heavy atom. The maximum atomic E-state index is 2.31. The number of allylic oxidation sites excluding steroid dienone is 4. The molecule has 0 nitrogen and oxygen atoms in total. The fraction of sp³-hybridized carbons (Fsp3) is 0.692. The molecule has 0 bridgehead atoms. The van der Waals surface area contributed by atoms with Gasteiger partial charge in [-0.1, -0.05) is 57.4 Å². The Kier molecular flexibility index (Phi) is 11.0. The summed E-state index contributed by atoms with van der Waals surface area (Å²) < 4.78 is 0. The maximum Gasteiger partial charge on any atom is -0.0169 e. The molecule has 0 amide bonds. The second-order valence-electron chi connectivity index (χ2n) is 3.46. The molecule has 0 aromatic heterocycles. The first-order chi connectivity index (χ1) is 6.41. The summed E-state index contributed by atoms with van der Waals surface area (Å²) in [7, 11) is 0. The van der Waals surface area contributed by atoms with Crippen LogP contribution in [0.5, 0.6) is 0 Å². The molecule has 0 aliphatic rings. The quantitative estimate of drug-likeness (QED) is 0.369. The largest absolute Gasteiger partial charge is 0.0882 e. The summed E-state index contributed by atoms with van der Waals surface area (Å²) in [5.41, 5.74) is 0.